The van der Waals surface area contributed by atoms with Gasteiger partial charge in [-0.2, -0.15) is 0 Å². The van der Waals surface area contributed by atoms with E-state index in [1.807, 2.05) is 0 Å². The number of carbonyl (C=O) groups excluding carboxylic acids is 2. The molecule has 0 aliphatic carbocycles. The number of aliphatic hydroxyl groups is 2. The van der Waals surface area contributed by atoms with Gasteiger partial charge in [-0.3, -0.25) is 9.59 Å². The predicted molar refractivity (Wildman–Crippen MR) is 114 cm³/mol. The number of aliphatic carboxylic acids is 2. The molecule has 0 radical (unpaired) electrons. The maximum Gasteiger partial charge on any atom is 0.407 e. The number of hydrogen-bond acceptors (Lipinski definition) is 9. The highest BCUT2D eigenvalue weighted by Gasteiger charge is 2.33. The van der Waals surface area contributed by atoms with E-state index in [2.05, 4.69) is 10.6 Å². The third-order valence-electron chi connectivity index (χ3n) is 4.51. The van der Waals surface area contributed by atoms with E-state index in [0.717, 1.165) is 0 Å². The van der Waals surface area contributed by atoms with Gasteiger partial charge in [0.05, 0.1) is 32.0 Å². The molecule has 0 spiro atoms. The standard InChI is InChI=1S/C20H36N2O11/c1-19(2,31-10-8-21-18(30)33-13(11-23)12-24)7-9-32-20(3,4)17(29)22-14(16(27)28)5-6-15(25)26/h13-14,23-24H,5-12H2,1-4H3,(H,21,30)(H,22,29)(H,25,26)(H,27,28). The van der Waals surface area contributed by atoms with Crippen LogP contribution < -0.4 is 10.6 Å². The Kier molecular flexibility index (Phi) is 13.5. The Morgan fingerprint density at radius 1 is 0.939 bits per heavy atom. The van der Waals surface area contributed by atoms with Crippen molar-refractivity contribution >= 4 is 23.9 Å². The lowest BCUT2D eigenvalue weighted by atomic mass is 10.0. The van der Waals surface area contributed by atoms with Gasteiger partial charge in [0.2, 0.25) is 0 Å². The second-order valence-electron chi connectivity index (χ2n) is 8.33. The third-order valence-corrected chi connectivity index (χ3v) is 4.51. The van der Waals surface area contributed by atoms with Crippen molar-refractivity contribution < 1.29 is 53.8 Å². The topological polar surface area (TPSA) is 201 Å². The zero-order chi connectivity index (χ0) is 25.7. The Hall–Kier alpha value is -2.48. The number of hydrogen-bond donors (Lipinski definition) is 6. The van der Waals surface area contributed by atoms with Gasteiger partial charge in [-0.15, -0.1) is 0 Å². The lowest BCUT2D eigenvalue weighted by Crippen LogP contribution is -2.51. The predicted octanol–water partition coefficient (Wildman–Crippen LogP) is -0.519. The summed E-state index contributed by atoms with van der Waals surface area (Å²) in [6.07, 6.45) is -2.09. The summed E-state index contributed by atoms with van der Waals surface area (Å²) in [6, 6.07) is -1.35. The fourth-order valence-corrected chi connectivity index (χ4v) is 2.35. The molecule has 6 N–H and O–H groups in total. The molecule has 192 valence electrons. The minimum absolute atomic E-state index is 0.102. The van der Waals surface area contributed by atoms with E-state index in [-0.39, 0.29) is 26.2 Å². The molecule has 0 rings (SSSR count). The van der Waals surface area contributed by atoms with E-state index in [0.29, 0.717) is 6.42 Å². The van der Waals surface area contributed by atoms with Gasteiger partial charge in [0.25, 0.3) is 5.91 Å². The summed E-state index contributed by atoms with van der Waals surface area (Å²) in [5, 5.41) is 40.3. The van der Waals surface area contributed by atoms with E-state index < -0.39 is 66.9 Å². The summed E-state index contributed by atoms with van der Waals surface area (Å²) in [5.41, 5.74) is -2.05. The average molecular weight is 481 g/mol. The van der Waals surface area contributed by atoms with E-state index in [1.54, 1.807) is 13.8 Å². The van der Waals surface area contributed by atoms with Crippen molar-refractivity contribution in [3.8, 4) is 0 Å². The van der Waals surface area contributed by atoms with Crippen LogP contribution in [0, 0.1) is 0 Å². The first-order valence-corrected chi connectivity index (χ1v) is 10.4. The van der Waals surface area contributed by atoms with Crippen molar-refractivity contribution in [3.05, 3.63) is 0 Å². The van der Waals surface area contributed by atoms with Crippen LogP contribution in [0.3, 0.4) is 0 Å². The van der Waals surface area contributed by atoms with Crippen LogP contribution in [0.15, 0.2) is 0 Å². The Balaban J connectivity index is 4.42. The molecule has 13 nitrogen and oxygen atoms in total. The van der Waals surface area contributed by atoms with Crippen molar-refractivity contribution in [1.29, 1.82) is 0 Å². The quantitative estimate of drug-likeness (QED) is 0.146. The normalized spacial score (nSPS) is 12.8. The van der Waals surface area contributed by atoms with Gasteiger partial charge in [-0.05, 0) is 40.5 Å². The van der Waals surface area contributed by atoms with Crippen molar-refractivity contribution in [2.45, 2.75) is 70.3 Å². The molecule has 33 heavy (non-hydrogen) atoms. The number of ether oxygens (including phenoxy) is 3. The monoisotopic (exact) mass is 480 g/mol. The van der Waals surface area contributed by atoms with Gasteiger partial charge in [0.15, 0.2) is 0 Å². The van der Waals surface area contributed by atoms with Gasteiger partial charge in [0.1, 0.15) is 17.7 Å². The smallest absolute Gasteiger partial charge is 0.407 e. The van der Waals surface area contributed by atoms with Crippen LogP contribution in [0.4, 0.5) is 4.79 Å². The van der Waals surface area contributed by atoms with Gasteiger partial charge < -0.3 is 45.3 Å². The van der Waals surface area contributed by atoms with Crippen LogP contribution in [0.2, 0.25) is 0 Å². The van der Waals surface area contributed by atoms with Crippen LogP contribution in [0.1, 0.15) is 47.0 Å². The number of carbonyl (C=O) groups is 4. The summed E-state index contributed by atoms with van der Waals surface area (Å²) in [5.74, 6) is -3.19. The average Bonchev–Trinajstić information content (AvgIpc) is 2.71. The van der Waals surface area contributed by atoms with Crippen molar-refractivity contribution in [3.63, 3.8) is 0 Å². The molecule has 1 atom stereocenters. The van der Waals surface area contributed by atoms with Gasteiger partial charge in [0, 0.05) is 13.0 Å². The van der Waals surface area contributed by atoms with Crippen molar-refractivity contribution in [1.82, 2.24) is 10.6 Å². The van der Waals surface area contributed by atoms with Crippen LogP contribution in [0.5, 0.6) is 0 Å². The number of alkyl carbamates (subject to hydrolysis) is 1. The highest BCUT2D eigenvalue weighted by atomic mass is 16.6. The molecule has 0 heterocycles. The lowest BCUT2D eigenvalue weighted by molar-refractivity contribution is -0.151. The molecular formula is C20H36N2O11. The number of aliphatic hydroxyl groups excluding tert-OH is 2. The second kappa shape index (κ2) is 14.6. The Morgan fingerprint density at radius 3 is 2.06 bits per heavy atom. The summed E-state index contributed by atoms with van der Waals surface area (Å²) >= 11 is 0. The molecular weight excluding hydrogens is 444 g/mol. The summed E-state index contributed by atoms with van der Waals surface area (Å²) in [7, 11) is 0. The maximum absolute atomic E-state index is 12.4. The van der Waals surface area contributed by atoms with E-state index in [9.17, 15) is 19.2 Å². The second-order valence-corrected chi connectivity index (χ2v) is 8.33. The first-order valence-electron chi connectivity index (χ1n) is 10.4. The number of carboxylic acid groups (broad SMARTS) is 2. The highest BCUT2D eigenvalue weighted by Crippen LogP contribution is 2.18. The minimum Gasteiger partial charge on any atom is -0.481 e. The molecule has 0 saturated carbocycles. The largest absolute Gasteiger partial charge is 0.481 e. The van der Waals surface area contributed by atoms with Gasteiger partial charge in [-0.25, -0.2) is 9.59 Å². The van der Waals surface area contributed by atoms with Crippen molar-refractivity contribution in [2.75, 3.05) is 33.0 Å². The maximum atomic E-state index is 12.4. The van der Waals surface area contributed by atoms with E-state index in [4.69, 9.17) is 34.6 Å². The lowest BCUT2D eigenvalue weighted by Gasteiger charge is -2.30. The molecule has 0 fully saturated rings. The van der Waals surface area contributed by atoms with Gasteiger partial charge >= 0.3 is 18.0 Å². The summed E-state index contributed by atoms with van der Waals surface area (Å²) in [4.78, 5) is 45.8. The summed E-state index contributed by atoms with van der Waals surface area (Å²) in [6.45, 7) is 5.85. The molecule has 0 saturated heterocycles. The molecule has 13 heteroatoms. The Bertz CT molecular complexity index is 648. The molecule has 0 aromatic heterocycles. The number of amides is 2. The zero-order valence-electron chi connectivity index (χ0n) is 19.5. The number of nitrogens with one attached hydrogen (secondary N) is 2. The molecule has 0 aliphatic rings. The molecule has 0 aromatic carbocycles. The highest BCUT2D eigenvalue weighted by molar-refractivity contribution is 5.88. The molecule has 0 aromatic rings. The van der Waals surface area contributed by atoms with Crippen LogP contribution in [-0.4, -0.2) is 101 Å². The van der Waals surface area contributed by atoms with Crippen molar-refractivity contribution in [2.24, 2.45) is 0 Å². The first-order chi connectivity index (χ1) is 15.2. The molecule has 0 bridgehead atoms. The molecule has 2 amide bonds. The fraction of sp³-hybridized carbons (Fsp3) is 0.800. The SMILES string of the molecule is CC(C)(CCOC(C)(C)C(=O)NC(CCC(=O)O)C(=O)O)OCCNC(=O)OC(CO)CO. The van der Waals surface area contributed by atoms with Gasteiger partial charge in [-0.1, -0.05) is 0 Å². The van der Waals surface area contributed by atoms with Crippen LogP contribution >= 0.6 is 0 Å². The number of carboxylic acids is 2. The van der Waals surface area contributed by atoms with E-state index in [1.165, 1.54) is 13.8 Å². The van der Waals surface area contributed by atoms with E-state index >= 15 is 0 Å². The van der Waals surface area contributed by atoms with Crippen LogP contribution in [-0.2, 0) is 28.6 Å². The minimum atomic E-state index is -1.37. The van der Waals surface area contributed by atoms with Crippen LogP contribution in [0.25, 0.3) is 0 Å². The third kappa shape index (κ3) is 13.6. The molecule has 0 aliphatic heterocycles. The Morgan fingerprint density at radius 2 is 1.55 bits per heavy atom. The zero-order valence-corrected chi connectivity index (χ0v) is 19.5. The number of rotatable bonds is 17. The Labute approximate surface area is 192 Å². The summed E-state index contributed by atoms with van der Waals surface area (Å²) < 4.78 is 16.0. The molecule has 1 unspecified atom stereocenters. The first kappa shape index (κ1) is 30.5. The fourth-order valence-electron chi connectivity index (χ4n) is 2.35.